The zero-order valence-corrected chi connectivity index (χ0v) is 17.6. The summed E-state index contributed by atoms with van der Waals surface area (Å²) in [5, 5.41) is 5.10. The molecule has 0 fully saturated rings. The van der Waals surface area contributed by atoms with Crippen LogP contribution in [0.5, 0.6) is 0 Å². The Labute approximate surface area is 179 Å². The molecule has 0 unspecified atom stereocenters. The number of sulfonamides is 1. The first kappa shape index (κ1) is 20.3. The number of aryl methyl sites for hydroxylation is 2. The summed E-state index contributed by atoms with van der Waals surface area (Å²) in [6.07, 6.45) is 8.50. The van der Waals surface area contributed by atoms with E-state index in [0.29, 0.717) is 5.13 Å². The number of thiazole rings is 1. The van der Waals surface area contributed by atoms with E-state index in [1.54, 1.807) is 6.07 Å². The van der Waals surface area contributed by atoms with Gasteiger partial charge in [-0.2, -0.15) is 4.72 Å². The predicted octanol–water partition coefficient (Wildman–Crippen LogP) is 3.46. The second-order valence-corrected chi connectivity index (χ2v) is 9.51. The number of hydrogen-bond donors (Lipinski definition) is 2. The van der Waals surface area contributed by atoms with E-state index >= 15 is 0 Å². The average Bonchev–Trinajstić information content (AvgIpc) is 3.41. The van der Waals surface area contributed by atoms with Gasteiger partial charge in [0.05, 0.1) is 17.1 Å². The van der Waals surface area contributed by atoms with Gasteiger partial charge in [-0.1, -0.05) is 24.1 Å². The molecule has 2 aromatic carbocycles. The number of aromatic nitrogens is 1. The number of rotatable bonds is 6. The van der Waals surface area contributed by atoms with Gasteiger partial charge in [0.2, 0.25) is 10.0 Å². The molecular formula is C22H19N3O3S2. The highest BCUT2D eigenvalue weighted by atomic mass is 32.2. The first-order chi connectivity index (χ1) is 14.5. The van der Waals surface area contributed by atoms with Crippen LogP contribution in [0.3, 0.4) is 0 Å². The summed E-state index contributed by atoms with van der Waals surface area (Å²) in [6, 6.07) is 12.1. The molecule has 1 heterocycles. The smallest absolute Gasteiger partial charge is 0.257 e. The van der Waals surface area contributed by atoms with Crippen LogP contribution in [0.25, 0.3) is 11.3 Å². The van der Waals surface area contributed by atoms with Gasteiger partial charge in [0, 0.05) is 16.5 Å². The van der Waals surface area contributed by atoms with E-state index in [9.17, 15) is 13.2 Å². The van der Waals surface area contributed by atoms with Gasteiger partial charge in [0.1, 0.15) is 0 Å². The van der Waals surface area contributed by atoms with Gasteiger partial charge < -0.3 is 0 Å². The SMILES string of the molecule is C#CCNS(=O)(=O)c1cccc(C(=O)Nc2nc(-c3ccc4c(c3)CCC4)cs2)c1. The lowest BCUT2D eigenvalue weighted by Gasteiger charge is -2.06. The number of carbonyl (C=O) groups excluding carboxylic acids is 1. The standard InChI is InChI=1S/C22H19N3O3S2/c1-2-11-23-30(27,28)19-8-4-7-18(13-19)21(26)25-22-24-20(14-29-22)17-10-9-15-5-3-6-16(15)12-17/h1,4,7-10,12-14,23H,3,5-6,11H2,(H,24,25,26). The maximum absolute atomic E-state index is 12.6. The lowest BCUT2D eigenvalue weighted by Crippen LogP contribution is -2.24. The monoisotopic (exact) mass is 437 g/mol. The number of nitrogens with one attached hydrogen (secondary N) is 2. The van der Waals surface area contributed by atoms with Crippen LogP contribution >= 0.6 is 11.3 Å². The lowest BCUT2D eigenvalue weighted by atomic mass is 10.1. The van der Waals surface area contributed by atoms with Crippen LogP contribution < -0.4 is 10.0 Å². The van der Waals surface area contributed by atoms with Crippen molar-refractivity contribution in [2.75, 3.05) is 11.9 Å². The number of amides is 1. The molecule has 0 bridgehead atoms. The summed E-state index contributed by atoms with van der Waals surface area (Å²) in [4.78, 5) is 17.1. The first-order valence-electron chi connectivity index (χ1n) is 9.38. The molecular weight excluding hydrogens is 418 g/mol. The van der Waals surface area contributed by atoms with Crippen molar-refractivity contribution in [2.45, 2.75) is 24.2 Å². The Morgan fingerprint density at radius 2 is 2.00 bits per heavy atom. The summed E-state index contributed by atoms with van der Waals surface area (Å²) in [5.74, 6) is 1.78. The fourth-order valence-electron chi connectivity index (χ4n) is 3.39. The van der Waals surface area contributed by atoms with Gasteiger partial charge in [0.15, 0.2) is 5.13 Å². The van der Waals surface area contributed by atoms with Crippen molar-refractivity contribution in [3.63, 3.8) is 0 Å². The molecule has 152 valence electrons. The van der Waals surface area contributed by atoms with Gasteiger partial charge in [-0.05, 0) is 54.7 Å². The molecule has 0 radical (unpaired) electrons. The Balaban J connectivity index is 1.50. The number of hydrogen-bond acceptors (Lipinski definition) is 5. The minimum Gasteiger partial charge on any atom is -0.298 e. The van der Waals surface area contributed by atoms with Crippen LogP contribution in [0.4, 0.5) is 5.13 Å². The van der Waals surface area contributed by atoms with Gasteiger partial charge in [-0.3, -0.25) is 10.1 Å². The second kappa shape index (κ2) is 8.40. The number of fused-ring (bicyclic) bond motifs is 1. The van der Waals surface area contributed by atoms with E-state index in [-0.39, 0.29) is 17.0 Å². The summed E-state index contributed by atoms with van der Waals surface area (Å²) >= 11 is 1.33. The molecule has 8 heteroatoms. The predicted molar refractivity (Wildman–Crippen MR) is 118 cm³/mol. The van der Waals surface area contributed by atoms with Gasteiger partial charge in [0.25, 0.3) is 5.91 Å². The third kappa shape index (κ3) is 4.28. The van der Waals surface area contributed by atoms with Crippen LogP contribution in [0.2, 0.25) is 0 Å². The van der Waals surface area contributed by atoms with E-state index < -0.39 is 15.9 Å². The highest BCUT2D eigenvalue weighted by molar-refractivity contribution is 7.89. The molecule has 1 aromatic heterocycles. The molecule has 3 aromatic rings. The topological polar surface area (TPSA) is 88.2 Å². The largest absolute Gasteiger partial charge is 0.298 e. The fraction of sp³-hybridized carbons (Fsp3) is 0.182. The average molecular weight is 438 g/mol. The number of carbonyl (C=O) groups is 1. The Hall–Kier alpha value is -2.99. The summed E-state index contributed by atoms with van der Waals surface area (Å²) in [5.41, 5.74) is 4.81. The summed E-state index contributed by atoms with van der Waals surface area (Å²) in [6.45, 7) is -0.122. The van der Waals surface area contributed by atoms with Crippen LogP contribution in [0, 0.1) is 12.3 Å². The van der Waals surface area contributed by atoms with Crippen molar-refractivity contribution in [3.05, 3.63) is 64.5 Å². The van der Waals surface area contributed by atoms with Crippen molar-refractivity contribution in [2.24, 2.45) is 0 Å². The van der Waals surface area contributed by atoms with Crippen molar-refractivity contribution in [3.8, 4) is 23.6 Å². The van der Waals surface area contributed by atoms with Crippen molar-refractivity contribution in [1.29, 1.82) is 0 Å². The van der Waals surface area contributed by atoms with E-state index in [1.165, 1.54) is 47.1 Å². The molecule has 1 amide bonds. The number of anilines is 1. The summed E-state index contributed by atoms with van der Waals surface area (Å²) in [7, 11) is -3.77. The molecule has 0 atom stereocenters. The van der Waals surface area contributed by atoms with Crippen LogP contribution in [-0.2, 0) is 22.9 Å². The molecule has 0 saturated heterocycles. The first-order valence-corrected chi connectivity index (χ1v) is 11.7. The van der Waals surface area contributed by atoms with Crippen LogP contribution in [0.15, 0.2) is 52.7 Å². The molecule has 6 nitrogen and oxygen atoms in total. The number of nitrogens with zero attached hydrogens (tertiary/aromatic N) is 1. The normalized spacial score (nSPS) is 12.9. The molecule has 2 N–H and O–H groups in total. The van der Waals surface area contributed by atoms with E-state index in [2.05, 4.69) is 39.1 Å². The van der Waals surface area contributed by atoms with Gasteiger partial charge >= 0.3 is 0 Å². The van der Waals surface area contributed by atoms with E-state index in [4.69, 9.17) is 6.42 Å². The third-order valence-electron chi connectivity index (χ3n) is 4.89. The third-order valence-corrected chi connectivity index (χ3v) is 7.05. The van der Waals surface area contributed by atoms with Crippen LogP contribution in [-0.4, -0.2) is 25.9 Å². The lowest BCUT2D eigenvalue weighted by molar-refractivity contribution is 0.102. The minimum atomic E-state index is -3.77. The van der Waals surface area contributed by atoms with Crippen molar-refractivity contribution >= 4 is 32.4 Å². The quantitative estimate of drug-likeness (QED) is 0.578. The maximum Gasteiger partial charge on any atom is 0.257 e. The molecule has 0 saturated carbocycles. The second-order valence-electron chi connectivity index (χ2n) is 6.89. The van der Waals surface area contributed by atoms with Crippen molar-refractivity contribution < 1.29 is 13.2 Å². The minimum absolute atomic E-state index is 0.0247. The molecule has 1 aliphatic rings. The Morgan fingerprint density at radius 3 is 2.83 bits per heavy atom. The molecule has 0 aliphatic heterocycles. The van der Waals surface area contributed by atoms with Gasteiger partial charge in [-0.15, -0.1) is 17.8 Å². The highest BCUT2D eigenvalue weighted by Crippen LogP contribution is 2.30. The molecule has 30 heavy (non-hydrogen) atoms. The Morgan fingerprint density at radius 1 is 1.17 bits per heavy atom. The number of benzene rings is 2. The Bertz CT molecular complexity index is 1260. The van der Waals surface area contributed by atoms with E-state index in [0.717, 1.165) is 24.1 Å². The zero-order chi connectivity index (χ0) is 21.1. The van der Waals surface area contributed by atoms with Gasteiger partial charge in [-0.25, -0.2) is 13.4 Å². The number of terminal acetylenes is 1. The van der Waals surface area contributed by atoms with Crippen LogP contribution in [0.1, 0.15) is 27.9 Å². The summed E-state index contributed by atoms with van der Waals surface area (Å²) < 4.78 is 26.7. The zero-order valence-electron chi connectivity index (χ0n) is 16.0. The molecule has 4 rings (SSSR count). The molecule has 0 spiro atoms. The van der Waals surface area contributed by atoms with E-state index in [1.807, 2.05) is 5.38 Å². The Kier molecular flexibility index (Phi) is 5.68. The van der Waals surface area contributed by atoms with Crippen molar-refractivity contribution in [1.82, 2.24) is 9.71 Å². The fourth-order valence-corrected chi connectivity index (χ4v) is 5.08. The maximum atomic E-state index is 12.6. The molecule has 1 aliphatic carbocycles. The highest BCUT2D eigenvalue weighted by Gasteiger charge is 2.17.